The van der Waals surface area contributed by atoms with Gasteiger partial charge in [0.05, 0.1) is 19.3 Å². The summed E-state index contributed by atoms with van der Waals surface area (Å²) in [6, 6.07) is 18.6. The van der Waals surface area contributed by atoms with E-state index in [-0.39, 0.29) is 4.90 Å². The van der Waals surface area contributed by atoms with Crippen molar-refractivity contribution >= 4 is 44.9 Å². The first-order valence-corrected chi connectivity index (χ1v) is 13.6. The van der Waals surface area contributed by atoms with Gasteiger partial charge in [0.1, 0.15) is 10.7 Å². The molecule has 1 saturated heterocycles. The van der Waals surface area contributed by atoms with Gasteiger partial charge in [-0.1, -0.05) is 41.9 Å². The summed E-state index contributed by atoms with van der Waals surface area (Å²) in [5.41, 5.74) is 3.13. The van der Waals surface area contributed by atoms with E-state index in [1.807, 2.05) is 36.4 Å². The van der Waals surface area contributed by atoms with E-state index in [2.05, 4.69) is 26.9 Å². The molecule has 1 aromatic heterocycles. The summed E-state index contributed by atoms with van der Waals surface area (Å²) in [6.07, 6.45) is 1.84. The fourth-order valence-corrected chi connectivity index (χ4v) is 6.31. The molecule has 10 heteroatoms. The van der Waals surface area contributed by atoms with Crippen LogP contribution in [-0.2, 0) is 27.7 Å². The highest BCUT2D eigenvalue weighted by Crippen LogP contribution is 2.34. The number of anilines is 2. The Labute approximate surface area is 216 Å². The van der Waals surface area contributed by atoms with Crippen molar-refractivity contribution in [1.82, 2.24) is 8.81 Å². The van der Waals surface area contributed by atoms with E-state index in [1.54, 1.807) is 12.1 Å². The highest BCUT2D eigenvalue weighted by Gasteiger charge is 2.36. The van der Waals surface area contributed by atoms with Gasteiger partial charge in [-0.25, -0.2) is 13.4 Å². The first-order valence-electron chi connectivity index (χ1n) is 11.5. The molecule has 5 rings (SSSR count). The van der Waals surface area contributed by atoms with Crippen LogP contribution in [0.15, 0.2) is 71.8 Å². The Morgan fingerprint density at radius 3 is 2.54 bits per heavy atom. The van der Waals surface area contributed by atoms with Crippen LogP contribution in [0.2, 0.25) is 5.02 Å². The second-order valence-corrected chi connectivity index (χ2v) is 11.5. The number of fused-ring (bicyclic) bond motifs is 1. The van der Waals surface area contributed by atoms with E-state index in [9.17, 15) is 8.42 Å². The number of rotatable bonds is 6. The SMILES string of the molecule is O=S(=O)(c1ccc(N2CCOCC2)nc1)N(Cl)C1Cc2cc(Cl)ccc2N(Cc2ccccc2)C1. The van der Waals surface area contributed by atoms with Crippen LogP contribution < -0.4 is 9.80 Å². The molecule has 184 valence electrons. The maximum Gasteiger partial charge on any atom is 0.258 e. The number of aromatic nitrogens is 1. The minimum atomic E-state index is -3.96. The number of sulfonamides is 1. The van der Waals surface area contributed by atoms with E-state index < -0.39 is 16.1 Å². The topological polar surface area (TPSA) is 66.0 Å². The van der Waals surface area contributed by atoms with Crippen molar-refractivity contribution in [2.75, 3.05) is 42.6 Å². The second kappa shape index (κ2) is 10.3. The monoisotopic (exact) mass is 532 g/mol. The van der Waals surface area contributed by atoms with Gasteiger partial charge in [-0.3, -0.25) is 0 Å². The van der Waals surface area contributed by atoms with Gasteiger partial charge in [-0.05, 0) is 59.7 Å². The summed E-state index contributed by atoms with van der Waals surface area (Å²) in [4.78, 5) is 8.68. The summed E-state index contributed by atoms with van der Waals surface area (Å²) < 4.78 is 33.2. The van der Waals surface area contributed by atoms with Crippen molar-refractivity contribution in [3.8, 4) is 0 Å². The van der Waals surface area contributed by atoms with Gasteiger partial charge in [0.15, 0.2) is 0 Å². The zero-order valence-corrected chi connectivity index (χ0v) is 21.4. The lowest BCUT2D eigenvalue weighted by Gasteiger charge is -2.38. The molecular weight excluding hydrogens is 507 g/mol. The van der Waals surface area contributed by atoms with E-state index >= 15 is 0 Å². The molecule has 0 spiro atoms. The molecule has 1 atom stereocenters. The van der Waals surface area contributed by atoms with Gasteiger partial charge >= 0.3 is 0 Å². The van der Waals surface area contributed by atoms with Gasteiger partial charge in [-0.2, -0.15) is 0 Å². The molecule has 1 fully saturated rings. The smallest absolute Gasteiger partial charge is 0.258 e. The van der Waals surface area contributed by atoms with Crippen LogP contribution in [0, 0.1) is 0 Å². The fourth-order valence-electron chi connectivity index (χ4n) is 4.59. The average molecular weight is 533 g/mol. The van der Waals surface area contributed by atoms with Crippen LogP contribution >= 0.6 is 23.4 Å². The van der Waals surface area contributed by atoms with E-state index in [1.165, 1.54) is 6.20 Å². The summed E-state index contributed by atoms with van der Waals surface area (Å²) >= 11 is 12.9. The summed E-state index contributed by atoms with van der Waals surface area (Å²) in [7, 11) is -3.96. The molecule has 35 heavy (non-hydrogen) atoms. The Hall–Kier alpha value is -2.36. The summed E-state index contributed by atoms with van der Waals surface area (Å²) in [6.45, 7) is 3.79. The van der Waals surface area contributed by atoms with Crippen molar-refractivity contribution in [2.24, 2.45) is 0 Å². The molecule has 7 nitrogen and oxygen atoms in total. The molecular formula is C25H26Cl2N4O3S. The number of hydrogen-bond acceptors (Lipinski definition) is 6. The molecule has 0 saturated carbocycles. The molecule has 0 bridgehead atoms. The lowest BCUT2D eigenvalue weighted by atomic mass is 9.98. The third-order valence-corrected chi connectivity index (χ3v) is 9.01. The highest BCUT2D eigenvalue weighted by atomic mass is 35.5. The molecule has 0 radical (unpaired) electrons. The molecule has 3 aromatic rings. The maximum absolute atomic E-state index is 13.4. The van der Waals surface area contributed by atoms with Crippen molar-refractivity contribution in [3.05, 3.63) is 83.0 Å². The maximum atomic E-state index is 13.4. The third-order valence-electron chi connectivity index (χ3n) is 6.36. The highest BCUT2D eigenvalue weighted by molar-refractivity contribution is 7.90. The Morgan fingerprint density at radius 2 is 1.83 bits per heavy atom. The van der Waals surface area contributed by atoms with Crippen molar-refractivity contribution in [2.45, 2.75) is 23.9 Å². The van der Waals surface area contributed by atoms with Crippen LogP contribution in [0.25, 0.3) is 0 Å². The van der Waals surface area contributed by atoms with Gasteiger partial charge in [0, 0.05) is 43.1 Å². The first kappa shape index (κ1) is 24.3. The fraction of sp³-hybridized carbons (Fsp3) is 0.320. The number of hydrogen-bond donors (Lipinski definition) is 0. The third kappa shape index (κ3) is 5.27. The van der Waals surface area contributed by atoms with Crippen molar-refractivity contribution in [3.63, 3.8) is 0 Å². The molecule has 2 aliphatic rings. The molecule has 0 aliphatic carbocycles. The number of morpholine rings is 1. The number of pyridine rings is 1. The molecule has 0 N–H and O–H groups in total. The molecule has 1 unspecified atom stereocenters. The van der Waals surface area contributed by atoms with Crippen LogP contribution in [0.4, 0.5) is 11.5 Å². The lowest BCUT2D eigenvalue weighted by Crippen LogP contribution is -2.46. The molecule has 2 aliphatic heterocycles. The molecule has 0 amide bonds. The molecule has 3 heterocycles. The van der Waals surface area contributed by atoms with Gasteiger partial charge < -0.3 is 14.5 Å². The zero-order chi connectivity index (χ0) is 24.4. The Kier molecular flexibility index (Phi) is 7.18. The number of halogens is 2. The predicted molar refractivity (Wildman–Crippen MR) is 139 cm³/mol. The van der Waals surface area contributed by atoms with E-state index in [0.29, 0.717) is 37.7 Å². The van der Waals surface area contributed by atoms with Gasteiger partial charge in [0.25, 0.3) is 10.0 Å². The van der Waals surface area contributed by atoms with Crippen molar-refractivity contribution < 1.29 is 13.2 Å². The largest absolute Gasteiger partial charge is 0.378 e. The Morgan fingerprint density at radius 1 is 1.06 bits per heavy atom. The van der Waals surface area contributed by atoms with Crippen LogP contribution in [0.5, 0.6) is 0 Å². The predicted octanol–water partition coefficient (Wildman–Crippen LogP) is 4.35. The average Bonchev–Trinajstić information content (AvgIpc) is 2.89. The lowest BCUT2D eigenvalue weighted by molar-refractivity contribution is 0.122. The Balaban J connectivity index is 1.39. The van der Waals surface area contributed by atoms with Crippen LogP contribution in [0.1, 0.15) is 11.1 Å². The zero-order valence-electron chi connectivity index (χ0n) is 19.1. The van der Waals surface area contributed by atoms with Crippen molar-refractivity contribution in [1.29, 1.82) is 0 Å². The minimum absolute atomic E-state index is 0.0657. The number of ether oxygens (including phenoxy) is 1. The number of benzene rings is 2. The van der Waals surface area contributed by atoms with E-state index in [0.717, 1.165) is 39.5 Å². The van der Waals surface area contributed by atoms with Crippen LogP contribution in [-0.4, -0.2) is 56.1 Å². The summed E-state index contributed by atoms with van der Waals surface area (Å²) in [5, 5.41) is 0.607. The quantitative estimate of drug-likeness (QED) is 0.439. The van der Waals surface area contributed by atoms with Gasteiger partial charge in [-0.15, -0.1) is 3.82 Å². The molecule has 2 aromatic carbocycles. The number of nitrogens with zero attached hydrogens (tertiary/aromatic N) is 4. The normalized spacial score (nSPS) is 18.5. The summed E-state index contributed by atoms with van der Waals surface area (Å²) in [5.74, 6) is 0.726. The first-order chi connectivity index (χ1) is 16.9. The van der Waals surface area contributed by atoms with Crippen LogP contribution in [0.3, 0.4) is 0 Å². The minimum Gasteiger partial charge on any atom is -0.378 e. The second-order valence-electron chi connectivity index (χ2n) is 8.70. The van der Waals surface area contributed by atoms with Gasteiger partial charge in [0.2, 0.25) is 0 Å². The standard InChI is InChI=1S/C25H26Cl2N4O3S/c26-21-6-8-24-20(14-21)15-22(18-30(24)17-19-4-2-1-3-5-19)31(27)35(32,33)23-7-9-25(28-16-23)29-10-12-34-13-11-29/h1-9,14,16,22H,10-13,15,17-18H2. The Bertz CT molecular complexity index is 1270. The van der Waals surface area contributed by atoms with E-state index in [4.69, 9.17) is 28.1 Å².